The molecule has 0 saturated carbocycles. The summed E-state index contributed by atoms with van der Waals surface area (Å²) in [7, 11) is -3.64. The normalized spacial score (nSPS) is 21.1. The molecule has 4 nitrogen and oxygen atoms in total. The number of aryl methyl sites for hydroxylation is 1. The fourth-order valence-electron chi connectivity index (χ4n) is 1.69. The summed E-state index contributed by atoms with van der Waals surface area (Å²) in [5.74, 6) is 0.673. The Bertz CT molecular complexity index is 556. The quantitative estimate of drug-likeness (QED) is 0.799. The van der Waals surface area contributed by atoms with Gasteiger partial charge in [0.1, 0.15) is 6.04 Å². The number of halogens is 1. The van der Waals surface area contributed by atoms with E-state index in [9.17, 15) is 13.2 Å². The number of sulfonamides is 1. The molecular weight excluding hydrogens is 294 g/mol. The molecule has 1 fully saturated rings. The lowest BCUT2D eigenvalue weighted by Gasteiger charge is -2.20. The van der Waals surface area contributed by atoms with Gasteiger partial charge in [-0.15, -0.1) is 11.8 Å². The van der Waals surface area contributed by atoms with E-state index in [1.807, 2.05) is 6.92 Å². The maximum Gasteiger partial charge on any atom is 0.244 e. The molecule has 0 bridgehead atoms. The van der Waals surface area contributed by atoms with Crippen molar-refractivity contribution in [2.75, 3.05) is 11.6 Å². The number of carbonyl (C=O) groups is 1. The van der Waals surface area contributed by atoms with Crippen molar-refractivity contribution in [1.29, 1.82) is 0 Å². The average molecular weight is 306 g/mol. The van der Waals surface area contributed by atoms with E-state index in [2.05, 4.69) is 0 Å². The van der Waals surface area contributed by atoms with Crippen LogP contribution in [0, 0.1) is 6.92 Å². The molecule has 1 aliphatic rings. The van der Waals surface area contributed by atoms with Crippen LogP contribution < -0.4 is 0 Å². The van der Waals surface area contributed by atoms with Crippen LogP contribution in [0.2, 0.25) is 0 Å². The van der Waals surface area contributed by atoms with Gasteiger partial charge in [0, 0.05) is 5.75 Å². The van der Waals surface area contributed by atoms with Gasteiger partial charge in [-0.05, 0) is 30.7 Å². The summed E-state index contributed by atoms with van der Waals surface area (Å²) < 4.78 is 25.9. The van der Waals surface area contributed by atoms with E-state index in [0.717, 1.165) is 9.87 Å². The largest absolute Gasteiger partial charge is 0.279 e. The van der Waals surface area contributed by atoms with Crippen LogP contribution in [0.5, 0.6) is 0 Å². The Morgan fingerprint density at radius 3 is 2.56 bits per heavy atom. The summed E-state index contributed by atoms with van der Waals surface area (Å²) in [4.78, 5) is 11.4. The van der Waals surface area contributed by atoms with Crippen molar-refractivity contribution < 1.29 is 13.2 Å². The molecule has 1 aromatic rings. The number of benzene rings is 1. The highest BCUT2D eigenvalue weighted by atomic mass is 35.5. The number of hydrogen-bond donors (Lipinski definition) is 0. The molecule has 18 heavy (non-hydrogen) atoms. The van der Waals surface area contributed by atoms with Gasteiger partial charge in [-0.1, -0.05) is 17.7 Å². The second-order valence-corrected chi connectivity index (χ2v) is 7.29. The first-order valence-electron chi connectivity index (χ1n) is 5.28. The number of rotatable bonds is 3. The lowest BCUT2D eigenvalue weighted by Crippen LogP contribution is -2.40. The Kier molecular flexibility index (Phi) is 4.01. The monoisotopic (exact) mass is 305 g/mol. The van der Waals surface area contributed by atoms with E-state index in [-0.39, 0.29) is 10.8 Å². The van der Waals surface area contributed by atoms with Crippen molar-refractivity contribution in [3.63, 3.8) is 0 Å². The van der Waals surface area contributed by atoms with Crippen molar-refractivity contribution in [3.8, 4) is 0 Å². The van der Waals surface area contributed by atoms with Gasteiger partial charge in [0.25, 0.3) is 0 Å². The maximum atomic E-state index is 12.4. The SMILES string of the molecule is Cc1ccc(S(=O)(=O)N2CSC[C@@H]2C(=O)Cl)cc1. The van der Waals surface area contributed by atoms with Crippen LogP contribution in [0.1, 0.15) is 5.56 Å². The predicted octanol–water partition coefficient (Wildman–Crippen LogP) is 1.82. The van der Waals surface area contributed by atoms with Crippen LogP contribution in [-0.4, -0.2) is 35.6 Å². The van der Waals surface area contributed by atoms with Gasteiger partial charge in [0.15, 0.2) is 0 Å². The summed E-state index contributed by atoms with van der Waals surface area (Å²) in [6.45, 7) is 1.88. The van der Waals surface area contributed by atoms with Gasteiger partial charge in [-0.3, -0.25) is 4.79 Å². The van der Waals surface area contributed by atoms with E-state index in [1.165, 1.54) is 11.8 Å². The molecule has 2 rings (SSSR count). The number of hydrogen-bond acceptors (Lipinski definition) is 4. The molecule has 0 radical (unpaired) electrons. The van der Waals surface area contributed by atoms with E-state index in [0.29, 0.717) is 5.75 Å². The zero-order valence-corrected chi connectivity index (χ0v) is 12.1. The minimum absolute atomic E-state index is 0.193. The first-order valence-corrected chi connectivity index (χ1v) is 8.26. The van der Waals surface area contributed by atoms with E-state index >= 15 is 0 Å². The van der Waals surface area contributed by atoms with Crippen LogP contribution in [-0.2, 0) is 14.8 Å². The third kappa shape index (κ3) is 2.56. The molecule has 1 atom stereocenters. The Labute approximate surface area is 115 Å². The van der Waals surface area contributed by atoms with Gasteiger partial charge >= 0.3 is 0 Å². The zero-order valence-electron chi connectivity index (χ0n) is 9.67. The molecule has 0 aromatic heterocycles. The minimum Gasteiger partial charge on any atom is -0.279 e. The van der Waals surface area contributed by atoms with Crippen molar-refractivity contribution in [3.05, 3.63) is 29.8 Å². The summed E-state index contributed by atoms with van der Waals surface area (Å²) in [5, 5.41) is -0.629. The van der Waals surface area contributed by atoms with Gasteiger partial charge in [-0.2, -0.15) is 4.31 Å². The number of nitrogens with zero attached hydrogens (tertiary/aromatic N) is 1. The topological polar surface area (TPSA) is 54.5 Å². The Hall–Kier alpha value is -0.560. The molecule has 98 valence electrons. The molecule has 7 heteroatoms. The smallest absolute Gasteiger partial charge is 0.244 e. The summed E-state index contributed by atoms with van der Waals surface area (Å²) in [6.07, 6.45) is 0. The van der Waals surface area contributed by atoms with Crippen molar-refractivity contribution in [2.45, 2.75) is 17.9 Å². The first-order chi connectivity index (χ1) is 8.43. The highest BCUT2D eigenvalue weighted by molar-refractivity contribution is 8.00. The maximum absolute atomic E-state index is 12.4. The zero-order chi connectivity index (χ0) is 13.3. The van der Waals surface area contributed by atoms with Crippen LogP contribution >= 0.6 is 23.4 Å². The summed E-state index contributed by atoms with van der Waals surface area (Å²) >= 11 is 6.82. The van der Waals surface area contributed by atoms with E-state index in [1.54, 1.807) is 24.3 Å². The fourth-order valence-corrected chi connectivity index (χ4v) is 5.18. The number of carbonyl (C=O) groups excluding carboxylic acids is 1. The molecule has 0 unspecified atom stereocenters. The molecule has 0 amide bonds. The predicted molar refractivity (Wildman–Crippen MR) is 72.2 cm³/mol. The van der Waals surface area contributed by atoms with Gasteiger partial charge in [0.05, 0.1) is 10.8 Å². The molecule has 1 aliphatic heterocycles. The van der Waals surface area contributed by atoms with Crippen LogP contribution in [0.4, 0.5) is 0 Å². The van der Waals surface area contributed by atoms with Crippen LogP contribution in [0.15, 0.2) is 29.2 Å². The van der Waals surface area contributed by atoms with Crippen LogP contribution in [0.25, 0.3) is 0 Å². The van der Waals surface area contributed by atoms with Crippen LogP contribution in [0.3, 0.4) is 0 Å². The van der Waals surface area contributed by atoms with Gasteiger partial charge in [0.2, 0.25) is 15.3 Å². The summed E-state index contributed by atoms with van der Waals surface area (Å²) in [6, 6.07) is 5.79. The first kappa shape index (κ1) is 13.9. The lowest BCUT2D eigenvalue weighted by molar-refractivity contribution is -0.114. The van der Waals surface area contributed by atoms with Gasteiger partial charge < -0.3 is 0 Å². The third-order valence-electron chi connectivity index (χ3n) is 2.73. The third-order valence-corrected chi connectivity index (χ3v) is 6.03. The summed E-state index contributed by atoms with van der Waals surface area (Å²) in [5.41, 5.74) is 0.981. The fraction of sp³-hybridized carbons (Fsp3) is 0.364. The molecular formula is C11H12ClNO3S2. The number of thioether (sulfide) groups is 1. The van der Waals surface area contributed by atoms with Crippen molar-refractivity contribution >= 4 is 38.6 Å². The highest BCUT2D eigenvalue weighted by Gasteiger charge is 2.39. The van der Waals surface area contributed by atoms with E-state index in [4.69, 9.17) is 11.6 Å². The highest BCUT2D eigenvalue weighted by Crippen LogP contribution is 2.29. The van der Waals surface area contributed by atoms with Crippen molar-refractivity contribution in [1.82, 2.24) is 4.31 Å². The Balaban J connectivity index is 2.36. The van der Waals surface area contributed by atoms with E-state index < -0.39 is 21.3 Å². The molecule has 0 spiro atoms. The molecule has 1 aromatic carbocycles. The second-order valence-electron chi connectivity index (χ2n) is 4.03. The molecule has 1 heterocycles. The van der Waals surface area contributed by atoms with Gasteiger partial charge in [-0.25, -0.2) is 8.42 Å². The standard InChI is InChI=1S/C11H12ClNO3S2/c1-8-2-4-9(5-3-8)18(15,16)13-7-17-6-10(13)11(12)14/h2-5,10H,6-7H2,1H3/t10-/m1/s1. The molecule has 0 aliphatic carbocycles. The Morgan fingerprint density at radius 1 is 1.39 bits per heavy atom. The minimum atomic E-state index is -3.64. The molecule has 1 saturated heterocycles. The lowest BCUT2D eigenvalue weighted by atomic mass is 10.2. The Morgan fingerprint density at radius 2 is 2.00 bits per heavy atom. The average Bonchev–Trinajstić information content (AvgIpc) is 2.79. The second kappa shape index (κ2) is 5.21. The van der Waals surface area contributed by atoms with Crippen molar-refractivity contribution in [2.24, 2.45) is 0 Å². The molecule has 0 N–H and O–H groups in total.